The van der Waals surface area contributed by atoms with Crippen molar-refractivity contribution in [2.45, 2.75) is 88.2 Å². The number of benzene rings is 3. The lowest BCUT2D eigenvalue weighted by Gasteiger charge is -2.32. The summed E-state index contributed by atoms with van der Waals surface area (Å²) in [6.07, 6.45) is 3.94. The zero-order valence-electron chi connectivity index (χ0n) is 23.5. The predicted octanol–water partition coefficient (Wildman–Crippen LogP) is 8.37. The molecule has 3 aromatic rings. The van der Waals surface area contributed by atoms with Crippen LogP contribution in [0.2, 0.25) is 0 Å². The summed E-state index contributed by atoms with van der Waals surface area (Å²) in [5.74, 6) is 0. The van der Waals surface area contributed by atoms with E-state index in [9.17, 15) is 5.11 Å². The largest absolute Gasteiger partial charge is 0.393 e. The molecule has 0 atom stereocenters. The van der Waals surface area contributed by atoms with Gasteiger partial charge in [0.25, 0.3) is 0 Å². The van der Waals surface area contributed by atoms with E-state index in [0.29, 0.717) is 0 Å². The number of aliphatic hydroxyl groups excluding tert-OH is 1. The van der Waals surface area contributed by atoms with Gasteiger partial charge in [0.15, 0.2) is 0 Å². The summed E-state index contributed by atoms with van der Waals surface area (Å²) in [7, 11) is -0.346. The summed E-state index contributed by atoms with van der Waals surface area (Å²) in [4.78, 5) is 0. The monoisotopic (exact) mass is 486 g/mol. The first-order valence-corrected chi connectivity index (χ1v) is 14.9. The minimum atomic E-state index is -0.346. The van der Waals surface area contributed by atoms with Gasteiger partial charge in [-0.3, -0.25) is 0 Å². The van der Waals surface area contributed by atoms with Gasteiger partial charge >= 0.3 is 0 Å². The van der Waals surface area contributed by atoms with Crippen molar-refractivity contribution in [1.82, 2.24) is 0 Å². The van der Waals surface area contributed by atoms with Crippen LogP contribution in [0.3, 0.4) is 0 Å². The number of hydrogen-bond acceptors (Lipinski definition) is 1. The van der Waals surface area contributed by atoms with E-state index in [2.05, 4.69) is 87.4 Å². The maximum Gasteiger partial charge on any atom is 0.0547 e. The van der Waals surface area contributed by atoms with Gasteiger partial charge in [0.1, 0.15) is 0 Å². The molecule has 1 N–H and O–H groups in total. The highest BCUT2D eigenvalue weighted by molar-refractivity contribution is 7.66. The molecule has 1 nitrogen and oxygen atoms in total. The second-order valence-corrected chi connectivity index (χ2v) is 13.3. The number of hydrogen-bond donors (Lipinski definition) is 1. The van der Waals surface area contributed by atoms with Crippen LogP contribution in [0.25, 0.3) is 22.3 Å². The SMILES string of the molecule is Cc1c(C)c(C)c(-c2cccc(-c3c(C)c(C)c(C)c(C)c3C)c2P2CCC(O)CC2)c(C)c1C. The third-order valence-corrected chi connectivity index (χ3v) is 12.1. The Morgan fingerprint density at radius 3 is 1.20 bits per heavy atom. The number of rotatable bonds is 3. The molecule has 2 heteroatoms. The third kappa shape index (κ3) is 4.30. The van der Waals surface area contributed by atoms with Crippen LogP contribution in [0.1, 0.15) is 68.5 Å². The molecule has 0 bridgehead atoms. The van der Waals surface area contributed by atoms with Crippen LogP contribution in [0.4, 0.5) is 0 Å². The summed E-state index contributed by atoms with van der Waals surface area (Å²) in [5, 5.41) is 11.9. The Bertz CT molecular complexity index is 1160. The molecule has 4 rings (SSSR count). The molecule has 1 heterocycles. The van der Waals surface area contributed by atoms with Crippen LogP contribution in [0.5, 0.6) is 0 Å². The maximum atomic E-state index is 10.3. The Balaban J connectivity index is 2.11. The minimum Gasteiger partial charge on any atom is -0.393 e. The molecule has 35 heavy (non-hydrogen) atoms. The summed E-state index contributed by atoms with van der Waals surface area (Å²) in [6, 6.07) is 7.05. The van der Waals surface area contributed by atoms with Gasteiger partial charge in [-0.1, -0.05) is 26.1 Å². The Morgan fingerprint density at radius 1 is 0.543 bits per heavy atom. The van der Waals surface area contributed by atoms with Gasteiger partial charge in [0.2, 0.25) is 0 Å². The molecule has 1 aliphatic rings. The molecule has 1 aliphatic heterocycles. The molecular weight excluding hydrogens is 443 g/mol. The van der Waals surface area contributed by atoms with Crippen LogP contribution in [-0.2, 0) is 0 Å². The van der Waals surface area contributed by atoms with E-state index in [4.69, 9.17) is 0 Å². The van der Waals surface area contributed by atoms with Crippen LogP contribution >= 0.6 is 7.92 Å². The highest BCUT2D eigenvalue weighted by atomic mass is 31.1. The van der Waals surface area contributed by atoms with E-state index in [1.165, 1.54) is 77.9 Å². The van der Waals surface area contributed by atoms with Gasteiger partial charge in [-0.15, -0.1) is 0 Å². The molecule has 1 fully saturated rings. The second-order valence-electron chi connectivity index (χ2n) is 10.9. The molecule has 1 saturated heterocycles. The lowest BCUT2D eigenvalue weighted by atomic mass is 9.83. The third-order valence-electron chi connectivity index (χ3n) is 9.36. The highest BCUT2D eigenvalue weighted by Gasteiger charge is 2.28. The molecule has 0 amide bonds. The Labute approximate surface area is 214 Å². The lowest BCUT2D eigenvalue weighted by Crippen LogP contribution is -2.23. The van der Waals surface area contributed by atoms with Crippen LogP contribution in [0.15, 0.2) is 18.2 Å². The van der Waals surface area contributed by atoms with Gasteiger partial charge in [-0.2, -0.15) is 0 Å². The zero-order valence-corrected chi connectivity index (χ0v) is 24.4. The van der Waals surface area contributed by atoms with E-state index in [1.807, 2.05) is 0 Å². The smallest absolute Gasteiger partial charge is 0.0547 e. The molecule has 0 aromatic heterocycles. The summed E-state index contributed by atoms with van der Waals surface area (Å²) >= 11 is 0. The normalized spacial score (nSPS) is 18.3. The van der Waals surface area contributed by atoms with E-state index < -0.39 is 0 Å². The molecule has 186 valence electrons. The first-order valence-electron chi connectivity index (χ1n) is 13.2. The van der Waals surface area contributed by atoms with E-state index in [0.717, 1.165) is 25.2 Å². The van der Waals surface area contributed by atoms with Crippen LogP contribution in [0, 0.1) is 69.2 Å². The highest BCUT2D eigenvalue weighted by Crippen LogP contribution is 2.49. The summed E-state index contributed by atoms with van der Waals surface area (Å²) in [5.41, 5.74) is 19.9. The van der Waals surface area contributed by atoms with Gasteiger partial charge in [-0.05, 0) is 178 Å². The van der Waals surface area contributed by atoms with Crippen molar-refractivity contribution in [3.05, 3.63) is 73.8 Å². The average Bonchev–Trinajstić information content (AvgIpc) is 2.85. The fourth-order valence-electron chi connectivity index (χ4n) is 6.19. The Kier molecular flexibility index (Phi) is 7.34. The van der Waals surface area contributed by atoms with Crippen molar-refractivity contribution >= 4 is 13.2 Å². The predicted molar refractivity (Wildman–Crippen MR) is 156 cm³/mol. The van der Waals surface area contributed by atoms with Gasteiger partial charge in [-0.25, -0.2) is 0 Å². The van der Waals surface area contributed by atoms with Gasteiger partial charge in [0, 0.05) is 0 Å². The summed E-state index contributed by atoms with van der Waals surface area (Å²) < 4.78 is 0. The van der Waals surface area contributed by atoms with E-state index in [1.54, 1.807) is 5.30 Å². The number of aliphatic hydroxyl groups is 1. The molecule has 0 aliphatic carbocycles. The Hall–Kier alpha value is -1.95. The van der Waals surface area contributed by atoms with Crippen molar-refractivity contribution in [1.29, 1.82) is 0 Å². The minimum absolute atomic E-state index is 0.135. The van der Waals surface area contributed by atoms with Gasteiger partial charge in [0.05, 0.1) is 6.10 Å². The van der Waals surface area contributed by atoms with E-state index in [-0.39, 0.29) is 14.0 Å². The fraction of sp³-hybridized carbons (Fsp3) is 0.455. The zero-order chi connectivity index (χ0) is 25.8. The standard InChI is InChI=1S/C33H43OP/c1-18-20(3)24(7)31(25(8)21(18)4)29-12-11-13-30(33(29)35-16-14-28(34)15-17-35)32-26(9)22(5)19(2)23(6)27(32)10/h11-13,28,34H,14-17H2,1-10H3. The molecule has 0 saturated carbocycles. The van der Waals surface area contributed by atoms with Crippen molar-refractivity contribution in [2.75, 3.05) is 12.3 Å². The molecule has 3 aromatic carbocycles. The topological polar surface area (TPSA) is 20.2 Å². The summed E-state index contributed by atoms with van der Waals surface area (Å²) in [6.45, 7) is 22.9. The van der Waals surface area contributed by atoms with Crippen molar-refractivity contribution < 1.29 is 5.11 Å². The second kappa shape index (κ2) is 9.84. The molecule has 0 spiro atoms. The fourth-order valence-corrected chi connectivity index (χ4v) is 9.13. The van der Waals surface area contributed by atoms with Crippen LogP contribution < -0.4 is 5.30 Å². The molecular formula is C33H43OP. The average molecular weight is 487 g/mol. The van der Waals surface area contributed by atoms with Crippen molar-refractivity contribution in [3.8, 4) is 22.3 Å². The Morgan fingerprint density at radius 2 is 0.857 bits per heavy atom. The molecule has 0 radical (unpaired) electrons. The van der Waals surface area contributed by atoms with E-state index >= 15 is 0 Å². The maximum absolute atomic E-state index is 10.3. The van der Waals surface area contributed by atoms with Gasteiger partial charge < -0.3 is 5.11 Å². The first kappa shape index (κ1) is 26.1. The quantitative estimate of drug-likeness (QED) is 0.369. The first-order chi connectivity index (χ1) is 16.5. The van der Waals surface area contributed by atoms with Crippen molar-refractivity contribution in [2.24, 2.45) is 0 Å². The van der Waals surface area contributed by atoms with Crippen molar-refractivity contribution in [3.63, 3.8) is 0 Å². The van der Waals surface area contributed by atoms with Crippen LogP contribution in [-0.4, -0.2) is 23.5 Å². The molecule has 0 unspecified atom stereocenters. The lowest BCUT2D eigenvalue weighted by molar-refractivity contribution is 0.165.